The highest BCUT2D eigenvalue weighted by Gasteiger charge is 2.15. The highest BCUT2D eigenvalue weighted by atomic mass is 16.1. The molecule has 3 heteroatoms. The number of rotatable bonds is 5. The van der Waals surface area contributed by atoms with Gasteiger partial charge in [-0.05, 0) is 38.9 Å². The van der Waals surface area contributed by atoms with Crippen LogP contribution in [0.25, 0.3) is 0 Å². The molecule has 0 atom stereocenters. The number of carbonyl (C=O) groups excluding carboxylic acids is 1. The average Bonchev–Trinajstić information content (AvgIpc) is 2.21. The highest BCUT2D eigenvalue weighted by molar-refractivity contribution is 5.77. The van der Waals surface area contributed by atoms with Crippen LogP contribution in [-0.2, 0) is 4.79 Å². The third kappa shape index (κ3) is 4.20. The summed E-state index contributed by atoms with van der Waals surface area (Å²) in [6.45, 7) is 5.23. The van der Waals surface area contributed by atoms with Gasteiger partial charge in [0.05, 0.1) is 0 Å². The van der Waals surface area contributed by atoms with Gasteiger partial charge in [-0.3, -0.25) is 4.79 Å². The number of Topliss-reactive ketones (excluding diaryl/α,β-unsaturated/α-hetero) is 1. The second-order valence-corrected chi connectivity index (χ2v) is 4.17. The summed E-state index contributed by atoms with van der Waals surface area (Å²) in [4.78, 5) is 13.5. The maximum atomic E-state index is 11.1. The lowest BCUT2D eigenvalue weighted by Gasteiger charge is -2.29. The van der Waals surface area contributed by atoms with Crippen LogP contribution in [0.5, 0.6) is 0 Å². The Labute approximate surface area is 86.6 Å². The van der Waals surface area contributed by atoms with Crippen molar-refractivity contribution in [2.45, 2.75) is 45.1 Å². The number of hydrogen-bond donors (Lipinski definition) is 1. The van der Waals surface area contributed by atoms with E-state index in [0.29, 0.717) is 18.2 Å². The summed E-state index contributed by atoms with van der Waals surface area (Å²) in [5, 5.41) is 0. The van der Waals surface area contributed by atoms with Crippen molar-refractivity contribution in [2.75, 3.05) is 19.6 Å². The third-order valence-corrected chi connectivity index (χ3v) is 2.96. The molecule has 0 aromatic rings. The topological polar surface area (TPSA) is 46.3 Å². The molecule has 2 N–H and O–H groups in total. The van der Waals surface area contributed by atoms with E-state index in [9.17, 15) is 4.79 Å². The number of piperidine rings is 1. The van der Waals surface area contributed by atoms with Crippen molar-refractivity contribution in [1.29, 1.82) is 0 Å². The molecule has 1 aliphatic heterocycles. The van der Waals surface area contributed by atoms with Gasteiger partial charge in [-0.15, -0.1) is 0 Å². The van der Waals surface area contributed by atoms with Crippen LogP contribution < -0.4 is 5.73 Å². The van der Waals surface area contributed by atoms with E-state index >= 15 is 0 Å². The summed E-state index contributed by atoms with van der Waals surface area (Å²) in [6.07, 6.45) is 4.68. The minimum Gasteiger partial charge on any atom is -0.328 e. The van der Waals surface area contributed by atoms with E-state index in [1.807, 2.05) is 6.92 Å². The standard InChI is InChI=1S/C11H22N2O/c1-2-11(14)4-3-7-13-8-5-10(12)6-9-13/h10H,2-9,12H2,1H3. The van der Waals surface area contributed by atoms with Crippen LogP contribution in [0.3, 0.4) is 0 Å². The van der Waals surface area contributed by atoms with Crippen LogP contribution in [0, 0.1) is 0 Å². The molecular formula is C11H22N2O. The Morgan fingerprint density at radius 2 is 2.07 bits per heavy atom. The van der Waals surface area contributed by atoms with Gasteiger partial charge in [0.25, 0.3) is 0 Å². The summed E-state index contributed by atoms with van der Waals surface area (Å²) in [6, 6.07) is 0.406. The summed E-state index contributed by atoms with van der Waals surface area (Å²) in [5.41, 5.74) is 5.81. The molecule has 3 nitrogen and oxygen atoms in total. The van der Waals surface area contributed by atoms with Crippen molar-refractivity contribution in [3.63, 3.8) is 0 Å². The summed E-state index contributed by atoms with van der Waals surface area (Å²) in [5.74, 6) is 0.388. The van der Waals surface area contributed by atoms with Crippen LogP contribution in [-0.4, -0.2) is 36.4 Å². The van der Waals surface area contributed by atoms with E-state index in [1.165, 1.54) is 0 Å². The SMILES string of the molecule is CCC(=O)CCCN1CCC(N)CC1. The molecule has 14 heavy (non-hydrogen) atoms. The zero-order valence-electron chi connectivity index (χ0n) is 9.17. The monoisotopic (exact) mass is 198 g/mol. The molecule has 0 aromatic heterocycles. The lowest BCUT2D eigenvalue weighted by Crippen LogP contribution is -2.40. The van der Waals surface area contributed by atoms with Gasteiger partial charge in [0.15, 0.2) is 0 Å². The first-order valence-electron chi connectivity index (χ1n) is 5.72. The number of likely N-dealkylation sites (tertiary alicyclic amines) is 1. The quantitative estimate of drug-likeness (QED) is 0.721. The molecule has 0 aromatic carbocycles. The average molecular weight is 198 g/mol. The predicted octanol–water partition coefficient (Wildman–Crippen LogP) is 1.17. The van der Waals surface area contributed by atoms with Crippen molar-refractivity contribution in [3.8, 4) is 0 Å². The van der Waals surface area contributed by atoms with Gasteiger partial charge in [0.2, 0.25) is 0 Å². The van der Waals surface area contributed by atoms with Crippen molar-refractivity contribution in [2.24, 2.45) is 5.73 Å². The van der Waals surface area contributed by atoms with Crippen molar-refractivity contribution < 1.29 is 4.79 Å². The number of carbonyl (C=O) groups is 1. The minimum atomic E-state index is 0.388. The minimum absolute atomic E-state index is 0.388. The van der Waals surface area contributed by atoms with Gasteiger partial charge in [0, 0.05) is 18.9 Å². The molecule has 0 spiro atoms. The fourth-order valence-corrected chi connectivity index (χ4v) is 1.85. The molecule has 0 radical (unpaired) electrons. The Hall–Kier alpha value is -0.410. The molecule has 1 saturated heterocycles. The number of hydrogen-bond acceptors (Lipinski definition) is 3. The van der Waals surface area contributed by atoms with E-state index < -0.39 is 0 Å². The Morgan fingerprint density at radius 3 is 2.64 bits per heavy atom. The molecule has 1 rings (SSSR count). The molecule has 0 amide bonds. The molecular weight excluding hydrogens is 176 g/mol. The second-order valence-electron chi connectivity index (χ2n) is 4.17. The van der Waals surface area contributed by atoms with Gasteiger partial charge in [0.1, 0.15) is 5.78 Å². The summed E-state index contributed by atoms with van der Waals surface area (Å²) >= 11 is 0. The van der Waals surface area contributed by atoms with Gasteiger partial charge < -0.3 is 10.6 Å². The van der Waals surface area contributed by atoms with Crippen LogP contribution in [0.2, 0.25) is 0 Å². The van der Waals surface area contributed by atoms with E-state index in [4.69, 9.17) is 5.73 Å². The van der Waals surface area contributed by atoms with Crippen LogP contribution in [0.15, 0.2) is 0 Å². The van der Waals surface area contributed by atoms with Crippen LogP contribution >= 0.6 is 0 Å². The van der Waals surface area contributed by atoms with Gasteiger partial charge in [-0.25, -0.2) is 0 Å². The summed E-state index contributed by atoms with van der Waals surface area (Å²) in [7, 11) is 0. The molecule has 0 bridgehead atoms. The van der Waals surface area contributed by atoms with Gasteiger partial charge in [-0.2, -0.15) is 0 Å². The molecule has 1 fully saturated rings. The molecule has 0 saturated carbocycles. The zero-order valence-corrected chi connectivity index (χ0v) is 9.17. The van der Waals surface area contributed by atoms with Crippen molar-refractivity contribution in [1.82, 2.24) is 4.90 Å². The van der Waals surface area contributed by atoms with Crippen LogP contribution in [0.4, 0.5) is 0 Å². The normalized spacial score (nSPS) is 19.9. The first kappa shape index (κ1) is 11.7. The smallest absolute Gasteiger partial charge is 0.132 e. The lowest BCUT2D eigenvalue weighted by molar-refractivity contribution is -0.118. The molecule has 0 unspecified atom stereocenters. The van der Waals surface area contributed by atoms with E-state index in [2.05, 4.69) is 4.90 Å². The maximum Gasteiger partial charge on any atom is 0.132 e. The Morgan fingerprint density at radius 1 is 1.43 bits per heavy atom. The Kier molecular flexibility index (Phi) is 5.12. The lowest BCUT2D eigenvalue weighted by atomic mass is 10.1. The first-order valence-corrected chi connectivity index (χ1v) is 5.72. The van der Waals surface area contributed by atoms with Gasteiger partial charge in [-0.1, -0.05) is 6.92 Å². The largest absolute Gasteiger partial charge is 0.328 e. The molecule has 0 aliphatic carbocycles. The second kappa shape index (κ2) is 6.14. The van der Waals surface area contributed by atoms with Crippen molar-refractivity contribution >= 4 is 5.78 Å². The number of nitrogens with two attached hydrogens (primary N) is 1. The predicted molar refractivity (Wildman–Crippen MR) is 58.2 cm³/mol. The fraction of sp³-hybridized carbons (Fsp3) is 0.909. The first-order chi connectivity index (χ1) is 6.72. The Bertz CT molecular complexity index is 174. The summed E-state index contributed by atoms with van der Waals surface area (Å²) < 4.78 is 0. The fourth-order valence-electron chi connectivity index (χ4n) is 1.85. The van der Waals surface area contributed by atoms with Gasteiger partial charge >= 0.3 is 0 Å². The molecule has 1 aliphatic rings. The van der Waals surface area contributed by atoms with E-state index in [-0.39, 0.29) is 0 Å². The third-order valence-electron chi connectivity index (χ3n) is 2.96. The zero-order chi connectivity index (χ0) is 10.4. The molecule has 82 valence electrons. The highest BCUT2D eigenvalue weighted by Crippen LogP contribution is 2.09. The maximum absolute atomic E-state index is 11.1. The van der Waals surface area contributed by atoms with Crippen LogP contribution in [0.1, 0.15) is 39.0 Å². The van der Waals surface area contributed by atoms with E-state index in [0.717, 1.165) is 45.3 Å². The van der Waals surface area contributed by atoms with E-state index in [1.54, 1.807) is 0 Å². The van der Waals surface area contributed by atoms with Crippen molar-refractivity contribution in [3.05, 3.63) is 0 Å². The molecule has 1 heterocycles. The Balaban J connectivity index is 2.04. The number of nitrogens with zero attached hydrogens (tertiary/aromatic N) is 1. The number of ketones is 1.